The molecular formula is C21H19F3N2O3. The van der Waals surface area contributed by atoms with Crippen LogP contribution in [0.5, 0.6) is 0 Å². The number of urea groups is 1. The van der Waals surface area contributed by atoms with E-state index >= 15 is 0 Å². The third-order valence-electron chi connectivity index (χ3n) is 4.57. The molecule has 1 atom stereocenters. The quantitative estimate of drug-likeness (QED) is 0.770. The van der Waals surface area contributed by atoms with Crippen LogP contribution in [0.15, 0.2) is 60.2 Å². The summed E-state index contributed by atoms with van der Waals surface area (Å²) in [6.45, 7) is 1.76. The first-order chi connectivity index (χ1) is 13.7. The predicted octanol–water partition coefficient (Wildman–Crippen LogP) is 4.38. The lowest BCUT2D eigenvalue weighted by molar-refractivity contribution is -0.139. The first kappa shape index (κ1) is 20.4. The van der Waals surface area contributed by atoms with Gasteiger partial charge < -0.3 is 10.1 Å². The molecule has 0 aliphatic carbocycles. The lowest BCUT2D eigenvalue weighted by Gasteiger charge is -2.34. The van der Waals surface area contributed by atoms with E-state index in [1.165, 1.54) is 24.1 Å². The highest BCUT2D eigenvalue weighted by Crippen LogP contribution is 2.37. The molecule has 3 rings (SSSR count). The van der Waals surface area contributed by atoms with Gasteiger partial charge in [0.2, 0.25) is 0 Å². The Labute approximate surface area is 165 Å². The Morgan fingerprint density at radius 3 is 2.28 bits per heavy atom. The van der Waals surface area contributed by atoms with Crippen LogP contribution >= 0.6 is 0 Å². The molecule has 152 valence electrons. The molecule has 0 saturated heterocycles. The summed E-state index contributed by atoms with van der Waals surface area (Å²) >= 11 is 0. The number of ether oxygens (including phenoxy) is 1. The molecule has 0 spiro atoms. The molecule has 29 heavy (non-hydrogen) atoms. The highest BCUT2D eigenvalue weighted by Gasteiger charge is 2.38. The van der Waals surface area contributed by atoms with Gasteiger partial charge in [-0.3, -0.25) is 4.90 Å². The lowest BCUT2D eigenvalue weighted by Crippen LogP contribution is -2.46. The average Bonchev–Trinajstić information content (AvgIpc) is 2.70. The molecule has 1 heterocycles. The van der Waals surface area contributed by atoms with Crippen molar-refractivity contribution in [1.29, 1.82) is 0 Å². The minimum Gasteiger partial charge on any atom is -0.463 e. The van der Waals surface area contributed by atoms with Crippen molar-refractivity contribution in [1.82, 2.24) is 10.2 Å². The van der Waals surface area contributed by atoms with Crippen LogP contribution in [0.1, 0.15) is 29.7 Å². The summed E-state index contributed by atoms with van der Waals surface area (Å²) in [5.74, 6) is -0.650. The van der Waals surface area contributed by atoms with Crippen molar-refractivity contribution >= 4 is 17.7 Å². The number of alkyl halides is 3. The number of benzene rings is 2. The molecule has 1 aliphatic heterocycles. The minimum atomic E-state index is -4.48. The number of hydrogen-bond acceptors (Lipinski definition) is 3. The van der Waals surface area contributed by atoms with Gasteiger partial charge in [0.05, 0.1) is 29.5 Å². The number of esters is 1. The van der Waals surface area contributed by atoms with Gasteiger partial charge in [0.1, 0.15) is 0 Å². The molecule has 2 amide bonds. The molecule has 2 aromatic carbocycles. The summed E-state index contributed by atoms with van der Waals surface area (Å²) in [7, 11) is 1.51. The zero-order valence-electron chi connectivity index (χ0n) is 15.8. The van der Waals surface area contributed by atoms with Crippen LogP contribution in [0, 0.1) is 0 Å². The Hall–Kier alpha value is -3.29. The molecule has 1 aliphatic rings. The van der Waals surface area contributed by atoms with E-state index in [1.54, 1.807) is 37.3 Å². The van der Waals surface area contributed by atoms with E-state index in [0.717, 1.165) is 12.1 Å². The van der Waals surface area contributed by atoms with Gasteiger partial charge in [-0.1, -0.05) is 42.5 Å². The van der Waals surface area contributed by atoms with Crippen molar-refractivity contribution in [3.05, 3.63) is 76.9 Å². The molecule has 0 radical (unpaired) electrons. The Balaban J connectivity index is 2.17. The molecule has 0 aromatic heterocycles. The standard InChI is InChI=1S/C21H19F3N2O3/c1-3-29-19(27)16-17(13-9-11-15(12-10-13)21(22,23)24)25-20(28)26(2)18(16)14-7-5-4-6-8-14/h4-12,17H,3H2,1-2H3,(H,25,28). The number of amides is 2. The monoisotopic (exact) mass is 404 g/mol. The SMILES string of the molecule is CCOC(=O)C1=C(c2ccccc2)N(C)C(=O)NC1c1ccc(C(F)(F)F)cc1. The van der Waals surface area contributed by atoms with Crippen LogP contribution in [-0.2, 0) is 15.7 Å². The average molecular weight is 404 g/mol. The highest BCUT2D eigenvalue weighted by molar-refractivity contribution is 6.04. The van der Waals surface area contributed by atoms with Gasteiger partial charge in [0.15, 0.2) is 0 Å². The Bertz CT molecular complexity index is 938. The second kappa shape index (κ2) is 7.98. The number of halogens is 3. The second-order valence-corrected chi connectivity index (χ2v) is 6.41. The second-order valence-electron chi connectivity index (χ2n) is 6.41. The third kappa shape index (κ3) is 4.11. The van der Waals surface area contributed by atoms with E-state index in [0.29, 0.717) is 16.8 Å². The predicted molar refractivity (Wildman–Crippen MR) is 100 cm³/mol. The largest absolute Gasteiger partial charge is 0.463 e. The summed E-state index contributed by atoms with van der Waals surface area (Å²) in [6.07, 6.45) is -4.48. The van der Waals surface area contributed by atoms with Gasteiger partial charge in [-0.05, 0) is 30.2 Å². The van der Waals surface area contributed by atoms with Crippen LogP contribution in [-0.4, -0.2) is 30.6 Å². The number of carbonyl (C=O) groups is 2. The zero-order valence-corrected chi connectivity index (χ0v) is 15.8. The van der Waals surface area contributed by atoms with E-state index in [4.69, 9.17) is 4.74 Å². The maximum Gasteiger partial charge on any atom is 0.416 e. The zero-order chi connectivity index (χ0) is 21.2. The van der Waals surface area contributed by atoms with Crippen molar-refractivity contribution in [2.45, 2.75) is 19.1 Å². The van der Waals surface area contributed by atoms with Gasteiger partial charge in [0, 0.05) is 7.05 Å². The van der Waals surface area contributed by atoms with Crippen LogP contribution in [0.4, 0.5) is 18.0 Å². The van der Waals surface area contributed by atoms with E-state index < -0.39 is 29.8 Å². The number of nitrogens with zero attached hydrogens (tertiary/aromatic N) is 1. The number of nitrogens with one attached hydrogen (secondary N) is 1. The summed E-state index contributed by atoms with van der Waals surface area (Å²) in [5.41, 5.74) is 0.642. The molecular weight excluding hydrogens is 385 g/mol. The molecule has 1 N–H and O–H groups in total. The Morgan fingerprint density at radius 1 is 1.10 bits per heavy atom. The van der Waals surface area contributed by atoms with E-state index in [1.807, 2.05) is 0 Å². The van der Waals surface area contributed by atoms with Crippen molar-refractivity contribution in [3.8, 4) is 0 Å². The van der Waals surface area contributed by atoms with Gasteiger partial charge in [-0.25, -0.2) is 9.59 Å². The molecule has 1 unspecified atom stereocenters. The van der Waals surface area contributed by atoms with E-state index in [-0.39, 0.29) is 12.2 Å². The van der Waals surface area contributed by atoms with Gasteiger partial charge in [-0.2, -0.15) is 13.2 Å². The van der Waals surface area contributed by atoms with Crippen molar-refractivity contribution in [3.63, 3.8) is 0 Å². The van der Waals surface area contributed by atoms with Gasteiger partial charge >= 0.3 is 18.2 Å². The fourth-order valence-corrected chi connectivity index (χ4v) is 3.19. The van der Waals surface area contributed by atoms with Crippen LogP contribution in [0.25, 0.3) is 5.70 Å². The van der Waals surface area contributed by atoms with Crippen molar-refractivity contribution in [2.75, 3.05) is 13.7 Å². The first-order valence-corrected chi connectivity index (χ1v) is 8.92. The van der Waals surface area contributed by atoms with Gasteiger partial charge in [0.25, 0.3) is 0 Å². The molecule has 5 nitrogen and oxygen atoms in total. The topological polar surface area (TPSA) is 58.6 Å². The Morgan fingerprint density at radius 2 is 1.72 bits per heavy atom. The molecule has 2 aromatic rings. The number of rotatable bonds is 4. The van der Waals surface area contributed by atoms with Crippen LogP contribution < -0.4 is 5.32 Å². The maximum absolute atomic E-state index is 12.9. The van der Waals surface area contributed by atoms with E-state index in [2.05, 4.69) is 5.32 Å². The summed E-state index contributed by atoms with van der Waals surface area (Å²) in [4.78, 5) is 26.7. The molecule has 0 saturated carbocycles. The lowest BCUT2D eigenvalue weighted by atomic mass is 9.91. The maximum atomic E-state index is 12.9. The van der Waals surface area contributed by atoms with Crippen molar-refractivity contribution in [2.24, 2.45) is 0 Å². The summed E-state index contributed by atoms with van der Waals surface area (Å²) in [5, 5.41) is 2.68. The smallest absolute Gasteiger partial charge is 0.416 e. The highest BCUT2D eigenvalue weighted by atomic mass is 19.4. The molecule has 0 fully saturated rings. The Kier molecular flexibility index (Phi) is 5.63. The normalized spacial score (nSPS) is 17.2. The van der Waals surface area contributed by atoms with E-state index in [9.17, 15) is 22.8 Å². The fraction of sp³-hybridized carbons (Fsp3) is 0.238. The van der Waals surface area contributed by atoms with Crippen LogP contribution in [0.2, 0.25) is 0 Å². The first-order valence-electron chi connectivity index (χ1n) is 8.92. The third-order valence-corrected chi connectivity index (χ3v) is 4.57. The minimum absolute atomic E-state index is 0.113. The molecule has 8 heteroatoms. The fourth-order valence-electron chi connectivity index (χ4n) is 3.19. The summed E-state index contributed by atoms with van der Waals surface area (Å²) < 4.78 is 43.9. The van der Waals surface area contributed by atoms with Crippen LogP contribution in [0.3, 0.4) is 0 Å². The van der Waals surface area contributed by atoms with Gasteiger partial charge in [-0.15, -0.1) is 0 Å². The number of carbonyl (C=O) groups excluding carboxylic acids is 2. The summed E-state index contributed by atoms with van der Waals surface area (Å²) in [6, 6.07) is 11.7. The molecule has 0 bridgehead atoms. The van der Waals surface area contributed by atoms with Crippen molar-refractivity contribution < 1.29 is 27.5 Å². The number of hydrogen-bond donors (Lipinski definition) is 1.